The minimum absolute atomic E-state index is 0.488. The van der Waals surface area contributed by atoms with Crippen LogP contribution >= 0.6 is 0 Å². The molecule has 0 aromatic heterocycles. The molecule has 0 amide bonds. The van der Waals surface area contributed by atoms with Crippen molar-refractivity contribution >= 4 is 0 Å². The smallest absolute Gasteiger partial charge is 0.00964 e. The topological polar surface area (TPSA) is 29.3 Å². The van der Waals surface area contributed by atoms with E-state index >= 15 is 0 Å². The van der Waals surface area contributed by atoms with Gasteiger partial charge in [0.1, 0.15) is 0 Å². The standard InChI is InChI=1S/C15H30N2/c1-12(2)13-4-3-10-17(11-9-13)15-7-5-14(16)6-8-15/h12-15H,3-11,16H2,1-2H3. The van der Waals surface area contributed by atoms with E-state index < -0.39 is 0 Å². The van der Waals surface area contributed by atoms with Crippen molar-refractivity contribution in [3.63, 3.8) is 0 Å². The monoisotopic (exact) mass is 238 g/mol. The fraction of sp³-hybridized carbons (Fsp3) is 1.00. The highest BCUT2D eigenvalue weighted by molar-refractivity contribution is 4.83. The van der Waals surface area contributed by atoms with Crippen LogP contribution < -0.4 is 5.73 Å². The summed E-state index contributed by atoms with van der Waals surface area (Å²) in [6, 6.07) is 1.34. The van der Waals surface area contributed by atoms with Crippen molar-refractivity contribution in [3.05, 3.63) is 0 Å². The van der Waals surface area contributed by atoms with Crippen molar-refractivity contribution in [1.29, 1.82) is 0 Å². The highest BCUT2D eigenvalue weighted by atomic mass is 15.2. The number of likely N-dealkylation sites (tertiary alicyclic amines) is 1. The quantitative estimate of drug-likeness (QED) is 0.801. The maximum Gasteiger partial charge on any atom is 0.00964 e. The molecule has 0 aromatic carbocycles. The molecule has 1 heterocycles. The molecule has 2 fully saturated rings. The average Bonchev–Trinajstić information content (AvgIpc) is 2.55. The molecule has 0 radical (unpaired) electrons. The molecule has 1 saturated carbocycles. The molecular weight excluding hydrogens is 208 g/mol. The molecule has 0 bridgehead atoms. The summed E-state index contributed by atoms with van der Waals surface area (Å²) < 4.78 is 0. The predicted octanol–water partition coefficient (Wildman–Crippen LogP) is 3.01. The SMILES string of the molecule is CC(C)C1CCCN(C2CCC(N)CC2)CC1. The van der Waals surface area contributed by atoms with E-state index in [1.54, 1.807) is 0 Å². The molecule has 100 valence electrons. The van der Waals surface area contributed by atoms with Crippen LogP contribution in [0.4, 0.5) is 0 Å². The summed E-state index contributed by atoms with van der Waals surface area (Å²) in [5.41, 5.74) is 6.00. The lowest BCUT2D eigenvalue weighted by molar-refractivity contribution is 0.152. The van der Waals surface area contributed by atoms with Gasteiger partial charge in [0.25, 0.3) is 0 Å². The summed E-state index contributed by atoms with van der Waals surface area (Å²) >= 11 is 0. The number of hydrogen-bond acceptors (Lipinski definition) is 2. The van der Waals surface area contributed by atoms with Gasteiger partial charge in [0, 0.05) is 12.1 Å². The van der Waals surface area contributed by atoms with E-state index in [-0.39, 0.29) is 0 Å². The summed E-state index contributed by atoms with van der Waals surface area (Å²) in [4.78, 5) is 2.77. The van der Waals surface area contributed by atoms with Gasteiger partial charge in [-0.25, -0.2) is 0 Å². The van der Waals surface area contributed by atoms with Crippen molar-refractivity contribution in [1.82, 2.24) is 4.90 Å². The molecule has 17 heavy (non-hydrogen) atoms. The van der Waals surface area contributed by atoms with Crippen LogP contribution in [0.3, 0.4) is 0 Å². The maximum atomic E-state index is 6.00. The third kappa shape index (κ3) is 3.69. The van der Waals surface area contributed by atoms with Gasteiger partial charge in [-0.05, 0) is 69.9 Å². The van der Waals surface area contributed by atoms with Crippen LogP contribution in [0.5, 0.6) is 0 Å². The molecule has 2 nitrogen and oxygen atoms in total. The lowest BCUT2D eigenvalue weighted by Crippen LogP contribution is -2.41. The highest BCUT2D eigenvalue weighted by Gasteiger charge is 2.27. The van der Waals surface area contributed by atoms with Gasteiger partial charge in [-0.15, -0.1) is 0 Å². The van der Waals surface area contributed by atoms with Crippen LogP contribution in [0.2, 0.25) is 0 Å². The van der Waals surface area contributed by atoms with Gasteiger partial charge in [-0.3, -0.25) is 0 Å². The fourth-order valence-corrected chi connectivity index (χ4v) is 3.64. The Morgan fingerprint density at radius 1 is 0.941 bits per heavy atom. The zero-order chi connectivity index (χ0) is 12.3. The second kappa shape index (κ2) is 6.19. The summed E-state index contributed by atoms with van der Waals surface area (Å²) in [7, 11) is 0. The summed E-state index contributed by atoms with van der Waals surface area (Å²) in [5.74, 6) is 1.83. The van der Waals surface area contributed by atoms with Gasteiger partial charge < -0.3 is 10.6 Å². The van der Waals surface area contributed by atoms with Gasteiger partial charge in [-0.1, -0.05) is 13.8 Å². The zero-order valence-corrected chi connectivity index (χ0v) is 11.7. The van der Waals surface area contributed by atoms with E-state index in [9.17, 15) is 0 Å². The van der Waals surface area contributed by atoms with Crippen LogP contribution in [-0.4, -0.2) is 30.1 Å². The van der Waals surface area contributed by atoms with Crippen LogP contribution in [0.25, 0.3) is 0 Å². The Hall–Kier alpha value is -0.0800. The number of hydrogen-bond donors (Lipinski definition) is 1. The van der Waals surface area contributed by atoms with Gasteiger partial charge >= 0.3 is 0 Å². The molecule has 2 N–H and O–H groups in total. The Balaban J connectivity index is 1.82. The molecule has 1 atom stereocenters. The molecule has 1 aliphatic heterocycles. The molecule has 1 saturated heterocycles. The van der Waals surface area contributed by atoms with Crippen LogP contribution in [0.1, 0.15) is 58.8 Å². The second-order valence-electron chi connectivity index (χ2n) is 6.54. The molecule has 2 rings (SSSR count). The van der Waals surface area contributed by atoms with E-state index in [4.69, 9.17) is 5.73 Å². The first-order valence-corrected chi connectivity index (χ1v) is 7.66. The fourth-order valence-electron chi connectivity index (χ4n) is 3.64. The number of rotatable bonds is 2. The molecule has 2 aliphatic rings. The van der Waals surface area contributed by atoms with Gasteiger partial charge in [0.15, 0.2) is 0 Å². The van der Waals surface area contributed by atoms with Crippen LogP contribution in [-0.2, 0) is 0 Å². The Morgan fingerprint density at radius 3 is 2.29 bits per heavy atom. The Bertz CT molecular complexity index is 219. The zero-order valence-electron chi connectivity index (χ0n) is 11.7. The average molecular weight is 238 g/mol. The summed E-state index contributed by atoms with van der Waals surface area (Å²) in [6.45, 7) is 7.45. The minimum atomic E-state index is 0.488. The molecule has 1 unspecified atom stereocenters. The van der Waals surface area contributed by atoms with Crippen LogP contribution in [0.15, 0.2) is 0 Å². The third-order valence-corrected chi connectivity index (χ3v) is 5.01. The van der Waals surface area contributed by atoms with Crippen molar-refractivity contribution in [2.24, 2.45) is 17.6 Å². The van der Waals surface area contributed by atoms with Crippen molar-refractivity contribution < 1.29 is 0 Å². The van der Waals surface area contributed by atoms with E-state index in [1.165, 1.54) is 58.0 Å². The van der Waals surface area contributed by atoms with Crippen molar-refractivity contribution in [3.8, 4) is 0 Å². The second-order valence-corrected chi connectivity index (χ2v) is 6.54. The predicted molar refractivity (Wildman–Crippen MR) is 74.0 cm³/mol. The third-order valence-electron chi connectivity index (χ3n) is 5.01. The summed E-state index contributed by atoms with van der Waals surface area (Å²) in [6.07, 6.45) is 9.44. The minimum Gasteiger partial charge on any atom is -0.328 e. The first-order chi connectivity index (χ1) is 8.16. The van der Waals surface area contributed by atoms with Gasteiger partial charge in [0.05, 0.1) is 0 Å². The van der Waals surface area contributed by atoms with E-state index in [2.05, 4.69) is 18.7 Å². The lowest BCUT2D eigenvalue weighted by atomic mass is 9.89. The largest absolute Gasteiger partial charge is 0.328 e. The highest BCUT2D eigenvalue weighted by Crippen LogP contribution is 2.29. The van der Waals surface area contributed by atoms with Gasteiger partial charge in [0.2, 0.25) is 0 Å². The maximum absolute atomic E-state index is 6.00. The van der Waals surface area contributed by atoms with Crippen molar-refractivity contribution in [2.75, 3.05) is 13.1 Å². The molecular formula is C15H30N2. The Kier molecular flexibility index (Phi) is 4.87. The number of nitrogens with two attached hydrogens (primary N) is 1. The van der Waals surface area contributed by atoms with E-state index in [0.29, 0.717) is 6.04 Å². The first kappa shape index (κ1) is 13.4. The van der Waals surface area contributed by atoms with Crippen molar-refractivity contribution in [2.45, 2.75) is 70.9 Å². The first-order valence-electron chi connectivity index (χ1n) is 7.66. The molecule has 0 aromatic rings. The molecule has 0 spiro atoms. The Labute approximate surface area is 107 Å². The Morgan fingerprint density at radius 2 is 1.65 bits per heavy atom. The molecule has 1 aliphatic carbocycles. The van der Waals surface area contributed by atoms with Crippen LogP contribution in [0, 0.1) is 11.8 Å². The number of nitrogens with zero attached hydrogens (tertiary/aromatic N) is 1. The van der Waals surface area contributed by atoms with E-state index in [0.717, 1.165) is 17.9 Å². The normalized spacial score (nSPS) is 37.1. The van der Waals surface area contributed by atoms with E-state index in [1.807, 2.05) is 0 Å². The molecule has 2 heteroatoms. The van der Waals surface area contributed by atoms with Gasteiger partial charge in [-0.2, -0.15) is 0 Å². The summed E-state index contributed by atoms with van der Waals surface area (Å²) in [5, 5.41) is 0. The lowest BCUT2D eigenvalue weighted by Gasteiger charge is -2.35.